The standard InChI is InChI=1S/C17H23N3O6S/c1-17(2,24)6-5-9(21)16-19-8(7-27-16)10-13(25-3)14(26-4)12(22)11(20-10)15(18)23/h7,9,21-22,24H,5-6H2,1-4H3,(H2,18,23)/t9-/m0/s1. The summed E-state index contributed by atoms with van der Waals surface area (Å²) in [5, 5.41) is 32.3. The van der Waals surface area contributed by atoms with Crippen LogP contribution in [0.3, 0.4) is 0 Å². The van der Waals surface area contributed by atoms with E-state index >= 15 is 0 Å². The van der Waals surface area contributed by atoms with Gasteiger partial charge in [0.15, 0.2) is 17.2 Å². The smallest absolute Gasteiger partial charge is 0.271 e. The third-order valence-electron chi connectivity index (χ3n) is 3.81. The minimum atomic E-state index is -0.935. The summed E-state index contributed by atoms with van der Waals surface area (Å²) in [6.07, 6.45) is -0.147. The van der Waals surface area contributed by atoms with E-state index in [1.54, 1.807) is 19.2 Å². The van der Waals surface area contributed by atoms with Crippen LogP contribution in [0.4, 0.5) is 0 Å². The molecule has 1 amide bonds. The van der Waals surface area contributed by atoms with Gasteiger partial charge in [0.2, 0.25) is 5.75 Å². The Morgan fingerprint density at radius 2 is 1.93 bits per heavy atom. The molecule has 9 nitrogen and oxygen atoms in total. The Labute approximate surface area is 160 Å². The SMILES string of the molecule is COc1c(-c2csc([C@@H](O)CCC(C)(C)O)n2)nc(C(N)=O)c(O)c1OC. The molecule has 2 aromatic rings. The summed E-state index contributed by atoms with van der Waals surface area (Å²) in [6, 6.07) is 0. The number of pyridine rings is 1. The molecule has 0 saturated heterocycles. The Hall–Kier alpha value is -2.43. The number of carbonyl (C=O) groups excluding carboxylic acids is 1. The Bertz CT molecular complexity index is 831. The number of ether oxygens (including phenoxy) is 2. The molecule has 0 aliphatic rings. The molecule has 2 aromatic heterocycles. The molecule has 0 unspecified atom stereocenters. The largest absolute Gasteiger partial charge is 0.503 e. The molecule has 5 N–H and O–H groups in total. The Balaban J connectivity index is 2.45. The molecule has 0 aliphatic heterocycles. The van der Waals surface area contributed by atoms with Gasteiger partial charge in [-0.15, -0.1) is 11.3 Å². The summed E-state index contributed by atoms with van der Waals surface area (Å²) in [5.41, 5.74) is 4.48. The van der Waals surface area contributed by atoms with E-state index in [-0.39, 0.29) is 22.9 Å². The molecule has 0 bridgehead atoms. The summed E-state index contributed by atoms with van der Waals surface area (Å²) in [5.74, 6) is -1.46. The Kier molecular flexibility index (Phi) is 6.24. The van der Waals surface area contributed by atoms with Gasteiger partial charge in [0.25, 0.3) is 5.91 Å². The lowest BCUT2D eigenvalue weighted by Gasteiger charge is -2.18. The highest BCUT2D eigenvalue weighted by molar-refractivity contribution is 7.10. The summed E-state index contributed by atoms with van der Waals surface area (Å²) in [6.45, 7) is 3.33. The second-order valence-electron chi connectivity index (χ2n) is 6.53. The van der Waals surface area contributed by atoms with Gasteiger partial charge in [-0.1, -0.05) is 0 Å². The van der Waals surface area contributed by atoms with Gasteiger partial charge < -0.3 is 30.5 Å². The highest BCUT2D eigenvalue weighted by Crippen LogP contribution is 2.44. The van der Waals surface area contributed by atoms with Crippen molar-refractivity contribution in [2.45, 2.75) is 38.4 Å². The highest BCUT2D eigenvalue weighted by atomic mass is 32.1. The zero-order chi connectivity index (χ0) is 20.4. The zero-order valence-corrected chi connectivity index (χ0v) is 16.3. The van der Waals surface area contributed by atoms with Crippen LogP contribution in [-0.2, 0) is 0 Å². The van der Waals surface area contributed by atoms with Crippen LogP contribution in [0.15, 0.2) is 5.38 Å². The Morgan fingerprint density at radius 1 is 1.30 bits per heavy atom. The molecule has 0 radical (unpaired) electrons. The predicted octanol–water partition coefficient (Wildman–Crippen LogP) is 1.61. The first-order valence-electron chi connectivity index (χ1n) is 8.10. The van der Waals surface area contributed by atoms with Crippen molar-refractivity contribution in [2.75, 3.05) is 14.2 Å². The fourth-order valence-corrected chi connectivity index (χ4v) is 3.25. The van der Waals surface area contributed by atoms with Crippen molar-refractivity contribution >= 4 is 17.2 Å². The fourth-order valence-electron chi connectivity index (χ4n) is 2.43. The molecule has 0 aromatic carbocycles. The molecule has 10 heteroatoms. The molecule has 0 saturated carbocycles. The van der Waals surface area contributed by atoms with Gasteiger partial charge in [-0.25, -0.2) is 9.97 Å². The zero-order valence-electron chi connectivity index (χ0n) is 15.5. The van der Waals surface area contributed by atoms with Crippen molar-refractivity contribution < 1.29 is 29.6 Å². The maximum absolute atomic E-state index is 11.6. The van der Waals surface area contributed by atoms with Crippen LogP contribution in [-0.4, -0.2) is 51.0 Å². The van der Waals surface area contributed by atoms with E-state index in [1.807, 2.05) is 0 Å². The minimum Gasteiger partial charge on any atom is -0.503 e. The molecule has 0 fully saturated rings. The number of nitrogens with two attached hydrogens (primary N) is 1. The summed E-state index contributed by atoms with van der Waals surface area (Å²) in [4.78, 5) is 20.0. The third-order valence-corrected chi connectivity index (χ3v) is 4.75. The second kappa shape index (κ2) is 8.07. The summed E-state index contributed by atoms with van der Waals surface area (Å²) in [7, 11) is 2.66. The van der Waals surface area contributed by atoms with Crippen LogP contribution < -0.4 is 15.2 Å². The van der Waals surface area contributed by atoms with Gasteiger partial charge in [0.05, 0.1) is 19.8 Å². The third kappa shape index (κ3) is 4.65. The first-order chi connectivity index (χ1) is 12.6. The van der Waals surface area contributed by atoms with E-state index in [0.717, 1.165) is 0 Å². The van der Waals surface area contributed by atoms with Crippen LogP contribution in [0, 0.1) is 0 Å². The lowest BCUT2D eigenvalue weighted by atomic mass is 10.0. The lowest BCUT2D eigenvalue weighted by Crippen LogP contribution is -2.19. The van der Waals surface area contributed by atoms with E-state index in [4.69, 9.17) is 15.2 Å². The van der Waals surface area contributed by atoms with E-state index in [0.29, 0.717) is 23.5 Å². The van der Waals surface area contributed by atoms with Gasteiger partial charge in [-0.2, -0.15) is 0 Å². The van der Waals surface area contributed by atoms with Crippen molar-refractivity contribution in [2.24, 2.45) is 5.73 Å². The van der Waals surface area contributed by atoms with Gasteiger partial charge in [0.1, 0.15) is 22.5 Å². The predicted molar refractivity (Wildman–Crippen MR) is 99.1 cm³/mol. The van der Waals surface area contributed by atoms with Crippen LogP contribution in [0.5, 0.6) is 17.2 Å². The van der Waals surface area contributed by atoms with Crippen LogP contribution >= 0.6 is 11.3 Å². The van der Waals surface area contributed by atoms with Gasteiger partial charge in [0, 0.05) is 5.38 Å². The van der Waals surface area contributed by atoms with Gasteiger partial charge in [-0.3, -0.25) is 4.79 Å². The number of hydrogen-bond acceptors (Lipinski definition) is 9. The van der Waals surface area contributed by atoms with Crippen LogP contribution in [0.1, 0.15) is 48.3 Å². The molecule has 1 atom stereocenters. The number of primary amides is 1. The van der Waals surface area contributed by atoms with Crippen molar-refractivity contribution in [1.29, 1.82) is 0 Å². The number of aliphatic hydroxyl groups is 2. The molecule has 2 rings (SSSR count). The Morgan fingerprint density at radius 3 is 2.44 bits per heavy atom. The normalized spacial score (nSPS) is 12.7. The first kappa shape index (κ1) is 20.9. The average Bonchev–Trinajstić information content (AvgIpc) is 3.08. The molecule has 0 aliphatic carbocycles. The number of thiazole rings is 1. The molecular weight excluding hydrogens is 374 g/mol. The fraction of sp³-hybridized carbons (Fsp3) is 0.471. The van der Waals surface area contributed by atoms with Crippen LogP contribution in [0.2, 0.25) is 0 Å². The average molecular weight is 397 g/mol. The number of aromatic nitrogens is 2. The number of amides is 1. The maximum atomic E-state index is 11.6. The van der Waals surface area contributed by atoms with Gasteiger partial charge >= 0.3 is 0 Å². The van der Waals surface area contributed by atoms with E-state index in [1.165, 1.54) is 25.6 Å². The molecule has 2 heterocycles. The number of aliphatic hydroxyl groups excluding tert-OH is 1. The number of aromatic hydroxyl groups is 1. The van der Waals surface area contributed by atoms with Crippen molar-refractivity contribution in [3.8, 4) is 28.6 Å². The first-order valence-corrected chi connectivity index (χ1v) is 8.98. The van der Waals surface area contributed by atoms with E-state index < -0.39 is 23.4 Å². The minimum absolute atomic E-state index is 0.0860. The van der Waals surface area contributed by atoms with Crippen molar-refractivity contribution in [1.82, 2.24) is 9.97 Å². The number of rotatable bonds is 8. The maximum Gasteiger partial charge on any atom is 0.271 e. The van der Waals surface area contributed by atoms with Crippen LogP contribution in [0.25, 0.3) is 11.4 Å². The van der Waals surface area contributed by atoms with Gasteiger partial charge in [-0.05, 0) is 26.7 Å². The second-order valence-corrected chi connectivity index (χ2v) is 7.42. The molecule has 0 spiro atoms. The number of methoxy groups -OCH3 is 2. The lowest BCUT2D eigenvalue weighted by molar-refractivity contribution is 0.0485. The quantitative estimate of drug-likeness (QED) is 0.525. The van der Waals surface area contributed by atoms with Crippen molar-refractivity contribution in [3.63, 3.8) is 0 Å². The topological polar surface area (TPSA) is 148 Å². The van der Waals surface area contributed by atoms with E-state index in [9.17, 15) is 20.1 Å². The van der Waals surface area contributed by atoms with E-state index in [2.05, 4.69) is 9.97 Å². The molecular formula is C17H23N3O6S. The molecule has 148 valence electrons. The monoisotopic (exact) mass is 397 g/mol. The summed E-state index contributed by atoms with van der Waals surface area (Å²) >= 11 is 1.20. The summed E-state index contributed by atoms with van der Waals surface area (Å²) < 4.78 is 10.4. The number of hydrogen-bond donors (Lipinski definition) is 4. The van der Waals surface area contributed by atoms with Crippen molar-refractivity contribution in [3.05, 3.63) is 16.1 Å². The number of carbonyl (C=O) groups is 1. The molecule has 27 heavy (non-hydrogen) atoms. The highest BCUT2D eigenvalue weighted by Gasteiger charge is 2.27. The number of nitrogens with zero attached hydrogens (tertiary/aromatic N) is 2.